The third kappa shape index (κ3) is 9.94. The van der Waals surface area contributed by atoms with Crippen LogP contribution in [0.5, 0.6) is 0 Å². The van der Waals surface area contributed by atoms with Gasteiger partial charge in [0.1, 0.15) is 17.3 Å². The minimum absolute atomic E-state index is 0.0356. The molecule has 9 rings (SSSR count). The van der Waals surface area contributed by atoms with Crippen molar-refractivity contribution in [2.45, 2.75) is 32.4 Å². The van der Waals surface area contributed by atoms with Gasteiger partial charge >= 0.3 is 35.4 Å². The number of hydrogen-bond acceptors (Lipinski definition) is 6. The molecule has 3 aromatic heterocycles. The van der Waals surface area contributed by atoms with E-state index in [9.17, 15) is 53.9 Å². The van der Waals surface area contributed by atoms with Gasteiger partial charge in [-0.2, -0.15) is 39.5 Å². The lowest BCUT2D eigenvalue weighted by Crippen LogP contribution is -2.10. The number of benzene rings is 6. The summed E-state index contributed by atoms with van der Waals surface area (Å²) in [6.45, 7) is 2.75. The maximum Gasteiger partial charge on any atom is 0.417 e. The summed E-state index contributed by atoms with van der Waals surface area (Å²) in [4.78, 5) is 35.8. The fourth-order valence-electron chi connectivity index (χ4n) is 7.12. The van der Waals surface area contributed by atoms with Crippen molar-refractivity contribution in [3.63, 3.8) is 0 Å². The highest BCUT2D eigenvalue weighted by molar-refractivity contribution is 5.86. The minimum Gasteiger partial charge on any atom is -0.422 e. The lowest BCUT2D eigenvalue weighted by molar-refractivity contribution is -0.138. The van der Waals surface area contributed by atoms with E-state index in [1.54, 1.807) is 84.9 Å². The van der Waals surface area contributed by atoms with Crippen LogP contribution >= 0.6 is 0 Å². The molecule has 0 N–H and O–H groups in total. The summed E-state index contributed by atoms with van der Waals surface area (Å²) >= 11 is 0. The van der Waals surface area contributed by atoms with Crippen molar-refractivity contribution in [2.24, 2.45) is 0 Å². The van der Waals surface area contributed by atoms with Crippen LogP contribution in [0.15, 0.2) is 179 Å². The van der Waals surface area contributed by atoms with Crippen molar-refractivity contribution in [3.05, 3.63) is 211 Å². The number of alkyl halides is 9. The summed E-state index contributed by atoms with van der Waals surface area (Å²) in [6, 6.07) is 37.5. The molecular weight excluding hydrogens is 868 g/mol. The summed E-state index contributed by atoms with van der Waals surface area (Å²) in [5, 5.41) is 2.94. The van der Waals surface area contributed by atoms with Gasteiger partial charge in [-0.15, -0.1) is 0 Å². The molecule has 3 heterocycles. The summed E-state index contributed by atoms with van der Waals surface area (Å²) in [6.07, 6.45) is -13.4. The Balaban J connectivity index is 0.000000145. The van der Waals surface area contributed by atoms with E-state index in [-0.39, 0.29) is 45.1 Å². The number of halogens is 9. The predicted molar refractivity (Wildman–Crippen MR) is 228 cm³/mol. The maximum absolute atomic E-state index is 13.3. The van der Waals surface area contributed by atoms with Gasteiger partial charge in [-0.05, 0) is 95.7 Å². The Bertz CT molecular complexity index is 3400. The maximum atomic E-state index is 13.3. The summed E-state index contributed by atoms with van der Waals surface area (Å²) < 4.78 is 132. The zero-order valence-corrected chi connectivity index (χ0v) is 33.8. The lowest BCUT2D eigenvalue weighted by Gasteiger charge is -2.15. The smallest absolute Gasteiger partial charge is 0.417 e. The average Bonchev–Trinajstić information content (AvgIpc) is 3.26. The van der Waals surface area contributed by atoms with Crippen LogP contribution in [0.25, 0.3) is 66.3 Å². The first-order chi connectivity index (χ1) is 30.7. The third-order valence-electron chi connectivity index (χ3n) is 10.2. The van der Waals surface area contributed by atoms with Gasteiger partial charge in [-0.25, -0.2) is 14.4 Å². The molecule has 0 fully saturated rings. The monoisotopic (exact) mass is 898 g/mol. The Labute approximate surface area is 361 Å². The molecule has 15 heteroatoms. The van der Waals surface area contributed by atoms with E-state index in [0.29, 0.717) is 32.3 Å². The largest absolute Gasteiger partial charge is 0.422 e. The first-order valence-corrected chi connectivity index (χ1v) is 19.3. The molecule has 0 saturated carbocycles. The first-order valence-electron chi connectivity index (χ1n) is 19.3. The van der Waals surface area contributed by atoms with Crippen LogP contribution < -0.4 is 16.9 Å². The van der Waals surface area contributed by atoms with Gasteiger partial charge in [-0.1, -0.05) is 97.1 Å². The van der Waals surface area contributed by atoms with Gasteiger partial charge in [0.15, 0.2) is 0 Å². The van der Waals surface area contributed by atoms with Gasteiger partial charge in [0, 0.05) is 16.7 Å². The van der Waals surface area contributed by atoms with Crippen molar-refractivity contribution in [3.8, 4) is 34.0 Å². The topological polar surface area (TPSA) is 90.6 Å². The highest BCUT2D eigenvalue weighted by atomic mass is 19.4. The fourth-order valence-corrected chi connectivity index (χ4v) is 7.12. The second-order valence-corrected chi connectivity index (χ2v) is 14.5. The number of rotatable bonds is 3. The van der Waals surface area contributed by atoms with E-state index in [1.165, 1.54) is 62.4 Å². The minimum atomic E-state index is -4.52. The Morgan fingerprint density at radius 1 is 0.400 bits per heavy atom. The molecule has 0 atom stereocenters. The van der Waals surface area contributed by atoms with Crippen LogP contribution in [0.4, 0.5) is 39.5 Å². The van der Waals surface area contributed by atoms with Crippen LogP contribution in [0, 0.1) is 13.8 Å². The van der Waals surface area contributed by atoms with E-state index in [2.05, 4.69) is 0 Å². The SMILES string of the molecule is Cc1c(-c2cc3ccccc3c(=O)o2)cccc1C(F)(F)F.Cc1cccc(-c2cc3ccccc3c(=O)o2)c1C(F)(F)F.O=c1oc(-c2cccc(C(F)(F)F)c2)cc2ccccc12. The van der Waals surface area contributed by atoms with E-state index in [1.807, 2.05) is 0 Å². The molecule has 0 saturated heterocycles. The van der Waals surface area contributed by atoms with Gasteiger partial charge in [0.05, 0.1) is 32.8 Å². The van der Waals surface area contributed by atoms with Gasteiger partial charge in [0.25, 0.3) is 0 Å². The molecule has 0 aliphatic rings. The number of fused-ring (bicyclic) bond motifs is 3. The fraction of sp³-hybridized carbons (Fsp3) is 0.100. The van der Waals surface area contributed by atoms with Crippen molar-refractivity contribution in [1.29, 1.82) is 0 Å². The zero-order valence-electron chi connectivity index (χ0n) is 33.8. The van der Waals surface area contributed by atoms with E-state index >= 15 is 0 Å². The summed E-state index contributed by atoms with van der Waals surface area (Å²) in [7, 11) is 0. The molecule has 0 aliphatic heterocycles. The number of aryl methyl sites for hydroxylation is 1. The highest BCUT2D eigenvalue weighted by Gasteiger charge is 2.36. The first kappa shape index (κ1) is 45.3. The van der Waals surface area contributed by atoms with Crippen LogP contribution in [-0.4, -0.2) is 0 Å². The van der Waals surface area contributed by atoms with E-state index < -0.39 is 52.1 Å². The molecule has 0 unspecified atom stereocenters. The summed E-state index contributed by atoms with van der Waals surface area (Å²) in [5.74, 6) is 0.164. The molecule has 0 aliphatic carbocycles. The molecule has 0 radical (unpaired) electrons. The van der Waals surface area contributed by atoms with Crippen LogP contribution in [0.2, 0.25) is 0 Å². The molecule has 6 nitrogen and oxygen atoms in total. The molecule has 0 spiro atoms. The molecule has 0 amide bonds. The Morgan fingerprint density at radius 3 is 1.32 bits per heavy atom. The van der Waals surface area contributed by atoms with Crippen molar-refractivity contribution < 1.29 is 52.8 Å². The van der Waals surface area contributed by atoms with Crippen LogP contribution in [0.3, 0.4) is 0 Å². The third-order valence-corrected chi connectivity index (χ3v) is 10.2. The second kappa shape index (κ2) is 17.8. The average molecular weight is 899 g/mol. The quantitative estimate of drug-likeness (QED) is 0.164. The highest BCUT2D eigenvalue weighted by Crippen LogP contribution is 2.40. The van der Waals surface area contributed by atoms with Gasteiger partial charge in [0.2, 0.25) is 0 Å². The molecular formula is C50H31F9O6. The van der Waals surface area contributed by atoms with Crippen LogP contribution in [-0.2, 0) is 18.5 Å². The standard InChI is InChI=1S/2C17H11F3O2.C16H9F3O2/c1-10-5-4-8-13(15(10)17(18,19)20)14-9-11-6-2-3-7-12(11)16(21)22-14;1-10-12(7-4-8-14(10)17(18,19)20)15-9-11-5-2-3-6-13(11)16(21)22-15;17-16(18,19)12-6-3-5-11(8-12)14-9-10-4-1-2-7-13(10)15(20)21-14/h2*2-9H,1H3;1-9H. The predicted octanol–water partition coefficient (Wildman–Crippen LogP) is 14.1. The molecule has 9 aromatic rings. The second-order valence-electron chi connectivity index (χ2n) is 14.5. The van der Waals surface area contributed by atoms with Crippen molar-refractivity contribution in [1.82, 2.24) is 0 Å². The molecule has 65 heavy (non-hydrogen) atoms. The van der Waals surface area contributed by atoms with Crippen molar-refractivity contribution in [2.75, 3.05) is 0 Å². The van der Waals surface area contributed by atoms with Gasteiger partial charge in [-0.3, -0.25) is 0 Å². The van der Waals surface area contributed by atoms with E-state index in [4.69, 9.17) is 13.3 Å². The molecule has 6 aromatic carbocycles. The normalized spacial score (nSPS) is 11.8. The Morgan fingerprint density at radius 2 is 0.831 bits per heavy atom. The molecule has 330 valence electrons. The van der Waals surface area contributed by atoms with Crippen LogP contribution in [0.1, 0.15) is 27.8 Å². The number of hydrogen-bond donors (Lipinski definition) is 0. The lowest BCUT2D eigenvalue weighted by atomic mass is 9.98. The Kier molecular flexibility index (Phi) is 12.4. The molecule has 0 bridgehead atoms. The zero-order chi connectivity index (χ0) is 46.8. The van der Waals surface area contributed by atoms with E-state index in [0.717, 1.165) is 18.2 Å². The van der Waals surface area contributed by atoms with Gasteiger partial charge < -0.3 is 13.3 Å². The summed E-state index contributed by atoms with van der Waals surface area (Å²) in [5.41, 5.74) is -3.62. The van der Waals surface area contributed by atoms with Crippen molar-refractivity contribution >= 4 is 32.3 Å². The Hall–Kier alpha value is -7.68.